The van der Waals surface area contributed by atoms with Crippen molar-refractivity contribution in [1.29, 1.82) is 0 Å². The number of ether oxygens (including phenoxy) is 1. The van der Waals surface area contributed by atoms with E-state index >= 15 is 0 Å². The Hall–Kier alpha value is -1.11. The van der Waals surface area contributed by atoms with Crippen molar-refractivity contribution in [1.82, 2.24) is 24.9 Å². The molecule has 2 heterocycles. The highest BCUT2D eigenvalue weighted by Gasteiger charge is 2.33. The van der Waals surface area contributed by atoms with Crippen LogP contribution in [0.4, 0.5) is 0 Å². The van der Waals surface area contributed by atoms with Gasteiger partial charge >= 0.3 is 0 Å². The van der Waals surface area contributed by atoms with Crippen molar-refractivity contribution in [3.63, 3.8) is 0 Å². The Morgan fingerprint density at radius 3 is 2.81 bits per heavy atom. The quantitative estimate of drug-likeness (QED) is 0.867. The zero-order valence-corrected chi connectivity index (χ0v) is 14.0. The lowest BCUT2D eigenvalue weighted by molar-refractivity contribution is 0.173. The Morgan fingerprint density at radius 2 is 2.14 bits per heavy atom. The van der Waals surface area contributed by atoms with Crippen LogP contribution in [0, 0.1) is 0 Å². The van der Waals surface area contributed by atoms with Gasteiger partial charge < -0.3 is 19.9 Å². The molecule has 1 aromatic rings. The first kappa shape index (κ1) is 16.3. The van der Waals surface area contributed by atoms with Crippen molar-refractivity contribution < 1.29 is 4.74 Å². The first-order chi connectivity index (χ1) is 10.1. The molecule has 0 aromatic carbocycles. The molecule has 1 fully saturated rings. The molecule has 1 aliphatic heterocycles. The molecule has 1 aliphatic rings. The van der Waals surface area contributed by atoms with E-state index in [0.717, 1.165) is 37.6 Å². The third-order valence-corrected chi connectivity index (χ3v) is 4.39. The minimum atomic E-state index is 0.211. The normalized spacial score (nSPS) is 23.0. The van der Waals surface area contributed by atoms with Gasteiger partial charge in [0.25, 0.3) is 0 Å². The largest absolute Gasteiger partial charge is 0.493 e. The molecule has 1 saturated heterocycles. The topological polar surface area (TPSA) is 45.6 Å². The lowest BCUT2D eigenvalue weighted by Crippen LogP contribution is -2.47. The fourth-order valence-electron chi connectivity index (χ4n) is 3.24. The van der Waals surface area contributed by atoms with Gasteiger partial charge in [-0.15, -0.1) is 0 Å². The van der Waals surface area contributed by atoms with Crippen molar-refractivity contribution in [2.24, 2.45) is 7.05 Å². The van der Waals surface area contributed by atoms with Crippen LogP contribution in [0.5, 0.6) is 5.75 Å². The molecule has 0 spiro atoms. The van der Waals surface area contributed by atoms with E-state index in [1.807, 2.05) is 11.7 Å². The molecule has 0 saturated carbocycles. The summed E-state index contributed by atoms with van der Waals surface area (Å²) in [6.45, 7) is 6.39. The number of nitrogens with one attached hydrogen (secondary N) is 1. The maximum atomic E-state index is 5.52. The zero-order valence-electron chi connectivity index (χ0n) is 14.0. The van der Waals surface area contributed by atoms with Crippen LogP contribution in [0.15, 0.2) is 6.20 Å². The summed E-state index contributed by atoms with van der Waals surface area (Å²) < 4.78 is 7.46. The summed E-state index contributed by atoms with van der Waals surface area (Å²) in [4.78, 5) is 4.88. The van der Waals surface area contributed by atoms with Crippen molar-refractivity contribution in [2.45, 2.75) is 25.4 Å². The number of methoxy groups -OCH3 is 1. The highest BCUT2D eigenvalue weighted by atomic mass is 16.5. The van der Waals surface area contributed by atoms with Crippen molar-refractivity contribution in [3.05, 3.63) is 11.9 Å². The van der Waals surface area contributed by atoms with Gasteiger partial charge in [-0.3, -0.25) is 4.68 Å². The van der Waals surface area contributed by atoms with E-state index in [2.05, 4.69) is 41.2 Å². The summed E-state index contributed by atoms with van der Waals surface area (Å²) in [7, 11) is 8.13. The summed E-state index contributed by atoms with van der Waals surface area (Å²) in [5.41, 5.74) is 1.13. The average molecular weight is 295 g/mol. The SMILES string of the molecule is CCNC(c1c(OC)cnn1C)C1CN(C)CCCN1C. The first-order valence-electron chi connectivity index (χ1n) is 7.76. The molecule has 2 atom stereocenters. The van der Waals surface area contributed by atoms with Gasteiger partial charge in [0, 0.05) is 19.6 Å². The van der Waals surface area contributed by atoms with Crippen LogP contribution < -0.4 is 10.1 Å². The van der Waals surface area contributed by atoms with Gasteiger partial charge in [0.1, 0.15) is 0 Å². The monoisotopic (exact) mass is 295 g/mol. The van der Waals surface area contributed by atoms with Gasteiger partial charge in [-0.1, -0.05) is 6.92 Å². The minimum Gasteiger partial charge on any atom is -0.493 e. The second kappa shape index (κ2) is 7.24. The van der Waals surface area contributed by atoms with E-state index in [4.69, 9.17) is 4.74 Å². The molecular weight excluding hydrogens is 266 g/mol. The number of likely N-dealkylation sites (N-methyl/N-ethyl adjacent to an activating group) is 3. The summed E-state index contributed by atoms with van der Waals surface area (Å²) in [6.07, 6.45) is 3.02. The third kappa shape index (κ3) is 3.56. The maximum Gasteiger partial charge on any atom is 0.161 e. The lowest BCUT2D eigenvalue weighted by atomic mass is 10.0. The fraction of sp³-hybridized carbons (Fsp3) is 0.800. The summed E-state index contributed by atoms with van der Waals surface area (Å²) in [5, 5.41) is 8.01. The Bertz CT molecular complexity index is 447. The van der Waals surface area contributed by atoms with E-state index in [1.54, 1.807) is 13.3 Å². The first-order valence-corrected chi connectivity index (χ1v) is 7.76. The molecule has 120 valence electrons. The van der Waals surface area contributed by atoms with E-state index in [9.17, 15) is 0 Å². The average Bonchev–Trinajstić information content (AvgIpc) is 2.74. The summed E-state index contributed by atoms with van der Waals surface area (Å²) >= 11 is 0. The molecule has 21 heavy (non-hydrogen) atoms. The third-order valence-electron chi connectivity index (χ3n) is 4.39. The lowest BCUT2D eigenvalue weighted by Gasteiger charge is -2.35. The number of rotatable bonds is 5. The molecule has 2 rings (SSSR count). The molecule has 1 N–H and O–H groups in total. The van der Waals surface area contributed by atoms with Gasteiger partial charge in [-0.05, 0) is 40.2 Å². The van der Waals surface area contributed by atoms with E-state index in [1.165, 1.54) is 6.42 Å². The summed E-state index contributed by atoms with van der Waals surface area (Å²) in [5.74, 6) is 0.865. The summed E-state index contributed by atoms with van der Waals surface area (Å²) in [6, 6.07) is 0.616. The van der Waals surface area contributed by atoms with E-state index < -0.39 is 0 Å². The van der Waals surface area contributed by atoms with Gasteiger partial charge in [-0.2, -0.15) is 5.10 Å². The van der Waals surface area contributed by atoms with E-state index in [-0.39, 0.29) is 6.04 Å². The maximum absolute atomic E-state index is 5.52. The van der Waals surface area contributed by atoms with Crippen molar-refractivity contribution in [3.8, 4) is 5.75 Å². The second-order valence-corrected chi connectivity index (χ2v) is 5.92. The molecule has 0 aliphatic carbocycles. The highest BCUT2D eigenvalue weighted by Crippen LogP contribution is 2.29. The van der Waals surface area contributed by atoms with Gasteiger partial charge in [0.05, 0.1) is 25.0 Å². The number of hydrogen-bond acceptors (Lipinski definition) is 5. The molecule has 6 nitrogen and oxygen atoms in total. The Balaban J connectivity index is 2.34. The predicted octanol–water partition coefficient (Wildman–Crippen LogP) is 0.715. The predicted molar refractivity (Wildman–Crippen MR) is 84.7 cm³/mol. The molecule has 2 unspecified atom stereocenters. The highest BCUT2D eigenvalue weighted by molar-refractivity contribution is 5.29. The molecule has 6 heteroatoms. The van der Waals surface area contributed by atoms with Gasteiger partial charge in [0.2, 0.25) is 0 Å². The van der Waals surface area contributed by atoms with Gasteiger partial charge in [-0.25, -0.2) is 0 Å². The van der Waals surface area contributed by atoms with Crippen LogP contribution >= 0.6 is 0 Å². The van der Waals surface area contributed by atoms with Crippen molar-refractivity contribution >= 4 is 0 Å². The molecular formula is C15H29N5O. The molecule has 0 amide bonds. The van der Waals surface area contributed by atoms with Crippen LogP contribution in [0.3, 0.4) is 0 Å². The number of aromatic nitrogens is 2. The van der Waals surface area contributed by atoms with Crippen LogP contribution in [0.2, 0.25) is 0 Å². The number of aryl methyl sites for hydroxylation is 1. The Morgan fingerprint density at radius 1 is 1.38 bits per heavy atom. The number of hydrogen-bond donors (Lipinski definition) is 1. The molecule has 1 aromatic heterocycles. The Kier molecular flexibility index (Phi) is 5.61. The minimum absolute atomic E-state index is 0.211. The van der Waals surface area contributed by atoms with Crippen LogP contribution in [0.1, 0.15) is 25.1 Å². The van der Waals surface area contributed by atoms with Crippen LogP contribution in [-0.4, -0.2) is 73.0 Å². The van der Waals surface area contributed by atoms with Gasteiger partial charge in [0.15, 0.2) is 5.75 Å². The second-order valence-electron chi connectivity index (χ2n) is 5.92. The van der Waals surface area contributed by atoms with E-state index in [0.29, 0.717) is 6.04 Å². The molecule has 0 bridgehead atoms. The standard InChI is InChI=1S/C15H29N5O/c1-6-16-14(15-13(21-5)10-17-20(15)4)12-11-18(2)8-7-9-19(12)3/h10,12,14,16H,6-9,11H2,1-5H3. The van der Waals surface area contributed by atoms with Crippen molar-refractivity contribution in [2.75, 3.05) is 47.4 Å². The zero-order chi connectivity index (χ0) is 15.4. The van der Waals surface area contributed by atoms with Crippen LogP contribution in [0.25, 0.3) is 0 Å². The number of nitrogens with zero attached hydrogens (tertiary/aromatic N) is 4. The fourth-order valence-corrected chi connectivity index (χ4v) is 3.24. The van der Waals surface area contributed by atoms with Crippen LogP contribution in [-0.2, 0) is 7.05 Å². The smallest absolute Gasteiger partial charge is 0.161 e. The Labute approximate surface area is 128 Å². The molecule has 0 radical (unpaired) electrons.